The Morgan fingerprint density at radius 3 is 2.58 bits per heavy atom. The smallest absolute Gasteiger partial charge is 0.253 e. The Kier molecular flexibility index (Phi) is 10.5. The number of benzene rings is 1. The molecular formula is C21H30Cl2N4O4. The van der Waals surface area contributed by atoms with Crippen molar-refractivity contribution in [2.24, 2.45) is 5.92 Å². The van der Waals surface area contributed by atoms with Crippen LogP contribution in [0.3, 0.4) is 0 Å². The molecule has 1 heterocycles. The highest BCUT2D eigenvalue weighted by Gasteiger charge is 2.26. The molecule has 0 spiro atoms. The number of carbonyl (C=O) groups is 3. The van der Waals surface area contributed by atoms with Crippen molar-refractivity contribution in [3.05, 3.63) is 33.8 Å². The Labute approximate surface area is 192 Å². The molecule has 1 fully saturated rings. The Bertz CT molecular complexity index is 757. The molecule has 172 valence electrons. The second kappa shape index (κ2) is 12.9. The van der Waals surface area contributed by atoms with Crippen molar-refractivity contribution in [1.29, 1.82) is 0 Å². The lowest BCUT2D eigenvalue weighted by Gasteiger charge is -2.33. The largest absolute Gasteiger partial charge is 0.339 e. The number of carbonyl (C=O) groups excluding carboxylic acids is 3. The third-order valence-electron chi connectivity index (χ3n) is 5.40. The summed E-state index contributed by atoms with van der Waals surface area (Å²) in [7, 11) is 0. The number of hydroxylamine groups is 2. The van der Waals surface area contributed by atoms with Gasteiger partial charge in [0.2, 0.25) is 12.3 Å². The standard InChI is InChI=1S/C21H30Cl2N4O4/c1-2-3-4-5-16(13-27(31)14-28)20(29)25-24-17-8-10-26(11-9-17)21(30)15-6-7-18(22)19(23)12-15/h6-7,12,14,16-17,24,31H,2-5,8-11,13H2,1H3,(H,25,29)/t16-/m1/s1. The van der Waals surface area contributed by atoms with Crippen molar-refractivity contribution in [3.63, 3.8) is 0 Å². The third-order valence-corrected chi connectivity index (χ3v) is 6.14. The third kappa shape index (κ3) is 7.96. The number of amides is 3. The predicted molar refractivity (Wildman–Crippen MR) is 119 cm³/mol. The van der Waals surface area contributed by atoms with Gasteiger partial charge in [0.25, 0.3) is 5.91 Å². The van der Waals surface area contributed by atoms with Gasteiger partial charge in [0.05, 0.1) is 22.5 Å². The van der Waals surface area contributed by atoms with E-state index in [4.69, 9.17) is 23.2 Å². The van der Waals surface area contributed by atoms with E-state index in [-0.39, 0.29) is 24.4 Å². The van der Waals surface area contributed by atoms with Crippen LogP contribution in [-0.2, 0) is 9.59 Å². The molecule has 3 N–H and O–H groups in total. The van der Waals surface area contributed by atoms with Crippen LogP contribution in [0.5, 0.6) is 0 Å². The molecule has 0 saturated carbocycles. The summed E-state index contributed by atoms with van der Waals surface area (Å²) in [5.41, 5.74) is 6.25. The van der Waals surface area contributed by atoms with Gasteiger partial charge in [0, 0.05) is 24.7 Å². The first-order valence-electron chi connectivity index (χ1n) is 10.6. The van der Waals surface area contributed by atoms with E-state index in [0.717, 1.165) is 19.3 Å². The number of unbranched alkanes of at least 4 members (excludes halogenated alkanes) is 2. The van der Waals surface area contributed by atoms with E-state index < -0.39 is 5.92 Å². The number of nitrogens with one attached hydrogen (secondary N) is 2. The van der Waals surface area contributed by atoms with Gasteiger partial charge in [-0.3, -0.25) is 25.0 Å². The number of likely N-dealkylation sites (tertiary alicyclic amines) is 1. The number of hydrazine groups is 1. The van der Waals surface area contributed by atoms with E-state index in [1.165, 1.54) is 0 Å². The van der Waals surface area contributed by atoms with Crippen LogP contribution in [-0.4, -0.2) is 59.1 Å². The average molecular weight is 473 g/mol. The normalized spacial score (nSPS) is 15.4. The maximum atomic E-state index is 12.7. The Morgan fingerprint density at radius 1 is 1.26 bits per heavy atom. The summed E-state index contributed by atoms with van der Waals surface area (Å²) in [6.45, 7) is 3.11. The van der Waals surface area contributed by atoms with Crippen LogP contribution in [0.25, 0.3) is 0 Å². The summed E-state index contributed by atoms with van der Waals surface area (Å²) in [4.78, 5) is 37.6. The topological polar surface area (TPSA) is 102 Å². The summed E-state index contributed by atoms with van der Waals surface area (Å²) < 4.78 is 0. The second-order valence-electron chi connectivity index (χ2n) is 7.75. The molecule has 31 heavy (non-hydrogen) atoms. The van der Waals surface area contributed by atoms with Gasteiger partial charge >= 0.3 is 0 Å². The molecule has 0 unspecified atom stereocenters. The predicted octanol–water partition coefficient (Wildman–Crippen LogP) is 3.26. The summed E-state index contributed by atoms with van der Waals surface area (Å²) in [5.74, 6) is -0.856. The summed E-state index contributed by atoms with van der Waals surface area (Å²) in [5, 5.41) is 10.7. The van der Waals surface area contributed by atoms with E-state index in [9.17, 15) is 19.6 Å². The minimum atomic E-state index is -0.495. The van der Waals surface area contributed by atoms with Gasteiger partial charge in [0.1, 0.15) is 0 Å². The molecule has 0 bridgehead atoms. The van der Waals surface area contributed by atoms with E-state index >= 15 is 0 Å². The zero-order chi connectivity index (χ0) is 22.8. The van der Waals surface area contributed by atoms with E-state index in [0.29, 0.717) is 59.4 Å². The fourth-order valence-corrected chi connectivity index (χ4v) is 3.83. The molecule has 0 radical (unpaired) electrons. The number of piperidine rings is 1. The van der Waals surface area contributed by atoms with Gasteiger partial charge in [-0.15, -0.1) is 0 Å². The molecule has 1 aromatic carbocycles. The fourth-order valence-electron chi connectivity index (χ4n) is 3.53. The van der Waals surface area contributed by atoms with Crippen LogP contribution in [0.15, 0.2) is 18.2 Å². The summed E-state index contributed by atoms with van der Waals surface area (Å²) in [6, 6.07) is 4.85. The maximum absolute atomic E-state index is 12.7. The molecule has 2 rings (SSSR count). The molecule has 1 aliphatic heterocycles. The first kappa shape index (κ1) is 25.4. The second-order valence-corrected chi connectivity index (χ2v) is 8.56. The molecule has 1 saturated heterocycles. The van der Waals surface area contributed by atoms with Crippen LogP contribution in [0.1, 0.15) is 55.8 Å². The molecule has 0 aliphatic carbocycles. The highest BCUT2D eigenvalue weighted by molar-refractivity contribution is 6.42. The van der Waals surface area contributed by atoms with Crippen molar-refractivity contribution in [2.75, 3.05) is 19.6 Å². The monoisotopic (exact) mass is 472 g/mol. The molecule has 8 nitrogen and oxygen atoms in total. The van der Waals surface area contributed by atoms with Crippen LogP contribution in [0, 0.1) is 5.92 Å². The number of halogens is 2. The van der Waals surface area contributed by atoms with Crippen LogP contribution >= 0.6 is 23.2 Å². The average Bonchev–Trinajstić information content (AvgIpc) is 2.78. The van der Waals surface area contributed by atoms with Gasteiger partial charge in [-0.25, -0.2) is 10.5 Å². The quantitative estimate of drug-likeness (QED) is 0.198. The molecule has 1 aromatic rings. The maximum Gasteiger partial charge on any atom is 0.253 e. The molecule has 0 aromatic heterocycles. The molecular weight excluding hydrogens is 443 g/mol. The lowest BCUT2D eigenvalue weighted by Crippen LogP contribution is -2.52. The summed E-state index contributed by atoms with van der Waals surface area (Å²) >= 11 is 11.9. The highest BCUT2D eigenvalue weighted by Crippen LogP contribution is 2.24. The van der Waals surface area contributed by atoms with Gasteiger partial charge < -0.3 is 4.90 Å². The van der Waals surface area contributed by atoms with Crippen LogP contribution in [0.4, 0.5) is 0 Å². The molecule has 3 amide bonds. The number of nitrogens with zero attached hydrogens (tertiary/aromatic N) is 2. The van der Waals surface area contributed by atoms with E-state index in [2.05, 4.69) is 17.8 Å². The highest BCUT2D eigenvalue weighted by atomic mass is 35.5. The van der Waals surface area contributed by atoms with Crippen molar-refractivity contribution < 1.29 is 19.6 Å². The first-order valence-corrected chi connectivity index (χ1v) is 11.3. The SMILES string of the molecule is CCCCC[C@H](CN(O)C=O)C(=O)NNC1CCN(C(=O)c2ccc(Cl)c(Cl)c2)CC1. The van der Waals surface area contributed by atoms with E-state index in [1.54, 1.807) is 23.1 Å². The Morgan fingerprint density at radius 2 is 1.97 bits per heavy atom. The Hall–Kier alpha value is -1.87. The molecule has 1 atom stereocenters. The fraction of sp³-hybridized carbons (Fsp3) is 0.571. The molecule has 10 heteroatoms. The van der Waals surface area contributed by atoms with E-state index in [1.807, 2.05) is 0 Å². The number of rotatable bonds is 11. The van der Waals surface area contributed by atoms with Crippen molar-refractivity contribution in [1.82, 2.24) is 20.8 Å². The van der Waals surface area contributed by atoms with Crippen molar-refractivity contribution in [2.45, 2.75) is 51.5 Å². The zero-order valence-electron chi connectivity index (χ0n) is 17.7. The molecule has 1 aliphatic rings. The zero-order valence-corrected chi connectivity index (χ0v) is 19.2. The number of hydrogen-bond donors (Lipinski definition) is 3. The van der Waals surface area contributed by atoms with Crippen LogP contribution in [0.2, 0.25) is 10.0 Å². The van der Waals surface area contributed by atoms with Crippen molar-refractivity contribution in [3.8, 4) is 0 Å². The summed E-state index contributed by atoms with van der Waals surface area (Å²) in [6.07, 6.45) is 5.08. The first-order chi connectivity index (χ1) is 14.8. The van der Waals surface area contributed by atoms with Gasteiger partial charge in [-0.2, -0.15) is 0 Å². The lowest BCUT2D eigenvalue weighted by atomic mass is 10.0. The Balaban J connectivity index is 1.81. The number of hydrogen-bond acceptors (Lipinski definition) is 5. The minimum absolute atomic E-state index is 0.0226. The van der Waals surface area contributed by atoms with Crippen LogP contribution < -0.4 is 10.9 Å². The van der Waals surface area contributed by atoms with Gasteiger partial charge in [-0.05, 0) is 37.5 Å². The van der Waals surface area contributed by atoms with Gasteiger partial charge in [-0.1, -0.05) is 49.4 Å². The lowest BCUT2D eigenvalue weighted by molar-refractivity contribution is -0.154. The van der Waals surface area contributed by atoms with Gasteiger partial charge in [0.15, 0.2) is 0 Å². The minimum Gasteiger partial charge on any atom is -0.339 e. The van der Waals surface area contributed by atoms with Crippen molar-refractivity contribution >= 4 is 41.4 Å².